The highest BCUT2D eigenvalue weighted by atomic mass is 35.5. The number of hydrogen-bond acceptors (Lipinski definition) is 2. The van der Waals surface area contributed by atoms with Crippen molar-refractivity contribution in [2.45, 2.75) is 45.1 Å². The number of nitrogens with zero attached hydrogens (tertiary/aromatic N) is 2. The molecule has 1 rings (SSSR count). The highest BCUT2D eigenvalue weighted by Crippen LogP contribution is 2.30. The molecule has 0 aromatic heterocycles. The van der Waals surface area contributed by atoms with E-state index < -0.39 is 10.2 Å². The molecule has 0 saturated heterocycles. The van der Waals surface area contributed by atoms with E-state index >= 15 is 0 Å². The molecular weight excluding hydrogens is 260 g/mol. The van der Waals surface area contributed by atoms with E-state index in [0.29, 0.717) is 25.4 Å². The standard InChI is InChI=1S/C11H23ClN2O2S/c1-3-4-10-14(11-6-7-11)17(15,16)13(2)9-5-8-12/h11H,3-10H2,1-2H3. The van der Waals surface area contributed by atoms with Gasteiger partial charge in [-0.1, -0.05) is 13.3 Å². The lowest BCUT2D eigenvalue weighted by molar-refractivity contribution is 0.348. The predicted octanol–water partition coefficient (Wildman–Crippen LogP) is 2.06. The third-order valence-corrected chi connectivity index (χ3v) is 5.29. The molecule has 1 aliphatic carbocycles. The van der Waals surface area contributed by atoms with E-state index in [1.54, 1.807) is 11.4 Å². The molecule has 4 nitrogen and oxygen atoms in total. The molecule has 0 radical (unpaired) electrons. The van der Waals surface area contributed by atoms with Crippen LogP contribution in [-0.2, 0) is 10.2 Å². The van der Waals surface area contributed by atoms with Gasteiger partial charge in [0.25, 0.3) is 10.2 Å². The minimum absolute atomic E-state index is 0.241. The molecule has 17 heavy (non-hydrogen) atoms. The lowest BCUT2D eigenvalue weighted by Gasteiger charge is -2.27. The molecular formula is C11H23ClN2O2S. The maximum absolute atomic E-state index is 12.3. The van der Waals surface area contributed by atoms with E-state index in [9.17, 15) is 8.42 Å². The molecule has 6 heteroatoms. The minimum atomic E-state index is -3.27. The molecule has 0 atom stereocenters. The van der Waals surface area contributed by atoms with Crippen molar-refractivity contribution in [3.63, 3.8) is 0 Å². The second kappa shape index (κ2) is 6.92. The van der Waals surface area contributed by atoms with Crippen LogP contribution in [0, 0.1) is 0 Å². The molecule has 0 aromatic carbocycles. The van der Waals surface area contributed by atoms with E-state index in [1.165, 1.54) is 4.31 Å². The summed E-state index contributed by atoms with van der Waals surface area (Å²) in [6, 6.07) is 0.241. The van der Waals surface area contributed by atoms with Crippen molar-refractivity contribution in [3.05, 3.63) is 0 Å². The minimum Gasteiger partial charge on any atom is -0.195 e. The van der Waals surface area contributed by atoms with Gasteiger partial charge >= 0.3 is 0 Å². The molecule has 1 aliphatic rings. The van der Waals surface area contributed by atoms with Crippen molar-refractivity contribution < 1.29 is 8.42 Å². The topological polar surface area (TPSA) is 40.6 Å². The zero-order valence-electron chi connectivity index (χ0n) is 10.7. The highest BCUT2D eigenvalue weighted by Gasteiger charge is 2.38. The van der Waals surface area contributed by atoms with Gasteiger partial charge in [0.15, 0.2) is 0 Å². The molecule has 0 bridgehead atoms. The Kier molecular flexibility index (Phi) is 6.20. The van der Waals surface area contributed by atoms with Crippen molar-refractivity contribution in [1.82, 2.24) is 8.61 Å². The van der Waals surface area contributed by atoms with Crippen LogP contribution in [0.3, 0.4) is 0 Å². The fourth-order valence-corrected chi connectivity index (χ4v) is 3.52. The normalized spacial score (nSPS) is 17.0. The maximum Gasteiger partial charge on any atom is 0.281 e. The average molecular weight is 283 g/mol. The molecule has 0 aromatic rings. The largest absolute Gasteiger partial charge is 0.281 e. The lowest BCUT2D eigenvalue weighted by atomic mass is 10.3. The van der Waals surface area contributed by atoms with Crippen LogP contribution in [0.2, 0.25) is 0 Å². The summed E-state index contributed by atoms with van der Waals surface area (Å²) in [6.45, 7) is 3.23. The fourth-order valence-electron chi connectivity index (χ4n) is 1.74. The predicted molar refractivity (Wildman–Crippen MR) is 71.5 cm³/mol. The summed E-state index contributed by atoms with van der Waals surface area (Å²) < 4.78 is 27.8. The molecule has 0 amide bonds. The van der Waals surface area contributed by atoms with E-state index in [4.69, 9.17) is 11.6 Å². The number of unbranched alkanes of at least 4 members (excludes halogenated alkanes) is 1. The number of halogens is 1. The Morgan fingerprint density at radius 2 is 1.88 bits per heavy atom. The van der Waals surface area contributed by atoms with Crippen molar-refractivity contribution in [1.29, 1.82) is 0 Å². The summed E-state index contributed by atoms with van der Waals surface area (Å²) in [4.78, 5) is 0. The molecule has 0 heterocycles. The first-order valence-electron chi connectivity index (χ1n) is 6.33. The monoisotopic (exact) mass is 282 g/mol. The summed E-state index contributed by atoms with van der Waals surface area (Å²) in [5.74, 6) is 0.498. The van der Waals surface area contributed by atoms with Crippen molar-refractivity contribution in [2.24, 2.45) is 0 Å². The summed E-state index contributed by atoms with van der Waals surface area (Å²) >= 11 is 5.60. The van der Waals surface area contributed by atoms with Gasteiger partial charge in [0.1, 0.15) is 0 Å². The van der Waals surface area contributed by atoms with Gasteiger partial charge < -0.3 is 0 Å². The van der Waals surface area contributed by atoms with Gasteiger partial charge in [-0.15, -0.1) is 11.6 Å². The van der Waals surface area contributed by atoms with E-state index in [-0.39, 0.29) is 6.04 Å². The molecule has 0 N–H and O–H groups in total. The van der Waals surface area contributed by atoms with Gasteiger partial charge in [-0.2, -0.15) is 17.0 Å². The van der Waals surface area contributed by atoms with Crippen molar-refractivity contribution in [3.8, 4) is 0 Å². The van der Waals surface area contributed by atoms with Gasteiger partial charge in [0, 0.05) is 32.1 Å². The second-order valence-corrected chi connectivity index (χ2v) is 6.93. The average Bonchev–Trinajstić information content (AvgIpc) is 3.10. The highest BCUT2D eigenvalue weighted by molar-refractivity contribution is 7.86. The summed E-state index contributed by atoms with van der Waals surface area (Å²) in [5, 5.41) is 0. The zero-order valence-corrected chi connectivity index (χ0v) is 12.3. The van der Waals surface area contributed by atoms with Gasteiger partial charge in [-0.05, 0) is 25.7 Å². The summed E-state index contributed by atoms with van der Waals surface area (Å²) in [5.41, 5.74) is 0. The Morgan fingerprint density at radius 3 is 2.35 bits per heavy atom. The third-order valence-electron chi connectivity index (χ3n) is 2.98. The van der Waals surface area contributed by atoms with Crippen LogP contribution >= 0.6 is 11.6 Å². The fraction of sp³-hybridized carbons (Fsp3) is 1.00. The first-order valence-corrected chi connectivity index (χ1v) is 8.26. The van der Waals surface area contributed by atoms with Gasteiger partial charge in [0.05, 0.1) is 0 Å². The van der Waals surface area contributed by atoms with Crippen LogP contribution in [0.15, 0.2) is 0 Å². The Balaban J connectivity index is 2.62. The maximum atomic E-state index is 12.3. The first kappa shape index (κ1) is 15.2. The smallest absolute Gasteiger partial charge is 0.195 e. The Morgan fingerprint density at radius 1 is 1.24 bits per heavy atom. The van der Waals surface area contributed by atoms with Crippen LogP contribution in [0.5, 0.6) is 0 Å². The molecule has 1 saturated carbocycles. The van der Waals surface area contributed by atoms with Crippen molar-refractivity contribution >= 4 is 21.8 Å². The van der Waals surface area contributed by atoms with Crippen LogP contribution in [0.4, 0.5) is 0 Å². The molecule has 1 fully saturated rings. The number of hydrogen-bond donors (Lipinski definition) is 0. The van der Waals surface area contributed by atoms with Gasteiger partial charge in [-0.3, -0.25) is 0 Å². The van der Waals surface area contributed by atoms with Crippen molar-refractivity contribution in [2.75, 3.05) is 26.0 Å². The van der Waals surface area contributed by atoms with Gasteiger partial charge in [0.2, 0.25) is 0 Å². The van der Waals surface area contributed by atoms with Crippen LogP contribution in [-0.4, -0.2) is 49.1 Å². The summed E-state index contributed by atoms with van der Waals surface area (Å²) in [7, 11) is -1.63. The van der Waals surface area contributed by atoms with Crippen LogP contribution < -0.4 is 0 Å². The van der Waals surface area contributed by atoms with Gasteiger partial charge in [-0.25, -0.2) is 0 Å². The second-order valence-electron chi connectivity index (χ2n) is 4.57. The number of alkyl halides is 1. The SMILES string of the molecule is CCCCN(C1CC1)S(=O)(=O)N(C)CCCCl. The molecule has 102 valence electrons. The Bertz CT molecular complexity index is 317. The van der Waals surface area contributed by atoms with E-state index in [2.05, 4.69) is 6.92 Å². The third kappa shape index (κ3) is 4.39. The zero-order chi connectivity index (χ0) is 12.9. The Labute approximate surface area is 110 Å². The molecule has 0 unspecified atom stereocenters. The summed E-state index contributed by atoms with van der Waals surface area (Å²) in [6.07, 6.45) is 4.66. The van der Waals surface area contributed by atoms with E-state index in [0.717, 1.165) is 25.7 Å². The van der Waals surface area contributed by atoms with E-state index in [1.807, 2.05) is 0 Å². The number of rotatable bonds is 9. The first-order chi connectivity index (χ1) is 8.04. The van der Waals surface area contributed by atoms with Crippen LogP contribution in [0.1, 0.15) is 39.0 Å². The van der Waals surface area contributed by atoms with Crippen LogP contribution in [0.25, 0.3) is 0 Å². The quantitative estimate of drug-likeness (QED) is 0.608. The lowest BCUT2D eigenvalue weighted by Crippen LogP contribution is -2.44. The molecule has 0 spiro atoms. The Hall–Kier alpha value is 0.160. The molecule has 0 aliphatic heterocycles.